The molecule has 0 unspecified atom stereocenters. The SMILES string of the molecule is CCOC(=O)N1CCN(C(=O)c2cc3cccnc3n(Cc3ccccc3F)c2=O)CC1. The number of ether oxygens (including phenoxy) is 1. The van der Waals surface area contributed by atoms with E-state index in [1.165, 1.54) is 21.6 Å². The number of hydrogen-bond acceptors (Lipinski definition) is 5. The maximum absolute atomic E-state index is 14.3. The summed E-state index contributed by atoms with van der Waals surface area (Å²) in [7, 11) is 0. The van der Waals surface area contributed by atoms with Crippen LogP contribution in [0.5, 0.6) is 0 Å². The lowest BCUT2D eigenvalue weighted by Gasteiger charge is -2.34. The Bertz CT molecular complexity index is 1220. The Kier molecular flexibility index (Phi) is 6.16. The number of fused-ring (bicyclic) bond motifs is 1. The van der Waals surface area contributed by atoms with Gasteiger partial charge >= 0.3 is 6.09 Å². The van der Waals surface area contributed by atoms with Crippen LogP contribution in [0.15, 0.2) is 53.5 Å². The Morgan fingerprint density at radius 2 is 1.78 bits per heavy atom. The van der Waals surface area contributed by atoms with Gasteiger partial charge in [0.15, 0.2) is 0 Å². The first-order valence-corrected chi connectivity index (χ1v) is 10.4. The van der Waals surface area contributed by atoms with Crippen molar-refractivity contribution in [2.45, 2.75) is 13.5 Å². The van der Waals surface area contributed by atoms with Gasteiger partial charge in [-0.1, -0.05) is 18.2 Å². The summed E-state index contributed by atoms with van der Waals surface area (Å²) in [6.07, 6.45) is 1.14. The van der Waals surface area contributed by atoms with Gasteiger partial charge in [-0.05, 0) is 31.2 Å². The molecule has 9 heteroatoms. The van der Waals surface area contributed by atoms with Crippen LogP contribution in [0.1, 0.15) is 22.8 Å². The molecule has 0 bridgehead atoms. The lowest BCUT2D eigenvalue weighted by Crippen LogP contribution is -2.51. The summed E-state index contributed by atoms with van der Waals surface area (Å²) in [6.45, 7) is 3.19. The van der Waals surface area contributed by atoms with Gasteiger partial charge < -0.3 is 14.5 Å². The molecule has 0 atom stereocenters. The van der Waals surface area contributed by atoms with Crippen molar-refractivity contribution in [3.63, 3.8) is 0 Å². The standard InChI is InChI=1S/C23H23FN4O4/c1-2-32-23(31)27-12-10-26(11-13-27)21(29)18-14-16-7-5-9-25-20(16)28(22(18)30)15-17-6-3-4-8-19(17)24/h3-9,14H,2,10-13,15H2,1H3. The van der Waals surface area contributed by atoms with Gasteiger partial charge in [0.25, 0.3) is 11.5 Å². The minimum Gasteiger partial charge on any atom is -0.450 e. The minimum atomic E-state index is -0.530. The first kappa shape index (κ1) is 21.5. The fourth-order valence-electron chi connectivity index (χ4n) is 3.78. The number of amides is 2. The quantitative estimate of drug-likeness (QED) is 0.625. The summed E-state index contributed by atoms with van der Waals surface area (Å²) in [5, 5.41) is 0.608. The number of carbonyl (C=O) groups is 2. The predicted molar refractivity (Wildman–Crippen MR) is 116 cm³/mol. The van der Waals surface area contributed by atoms with Gasteiger partial charge in [-0.15, -0.1) is 0 Å². The Hall–Kier alpha value is -3.75. The van der Waals surface area contributed by atoms with Crippen molar-refractivity contribution in [1.29, 1.82) is 0 Å². The Morgan fingerprint density at radius 1 is 1.06 bits per heavy atom. The summed E-state index contributed by atoms with van der Waals surface area (Å²) in [4.78, 5) is 45.8. The third-order valence-electron chi connectivity index (χ3n) is 5.46. The van der Waals surface area contributed by atoms with Crippen molar-refractivity contribution in [1.82, 2.24) is 19.4 Å². The van der Waals surface area contributed by atoms with Crippen LogP contribution < -0.4 is 5.56 Å². The zero-order valence-corrected chi connectivity index (χ0v) is 17.7. The number of benzene rings is 1. The first-order valence-electron chi connectivity index (χ1n) is 10.4. The Labute approximate surface area is 183 Å². The Balaban J connectivity index is 1.66. The average molecular weight is 438 g/mol. The van der Waals surface area contributed by atoms with Crippen LogP contribution in [-0.2, 0) is 11.3 Å². The highest BCUT2D eigenvalue weighted by Gasteiger charge is 2.28. The molecule has 1 aliphatic heterocycles. The largest absolute Gasteiger partial charge is 0.450 e. The molecule has 1 aromatic carbocycles. The third-order valence-corrected chi connectivity index (χ3v) is 5.46. The lowest BCUT2D eigenvalue weighted by atomic mass is 10.1. The molecule has 0 spiro atoms. The van der Waals surface area contributed by atoms with Crippen molar-refractivity contribution in [2.75, 3.05) is 32.8 Å². The van der Waals surface area contributed by atoms with Crippen LogP contribution >= 0.6 is 0 Å². The molecular weight excluding hydrogens is 415 g/mol. The van der Waals surface area contributed by atoms with Crippen LogP contribution in [0.2, 0.25) is 0 Å². The zero-order valence-electron chi connectivity index (χ0n) is 17.7. The van der Waals surface area contributed by atoms with Crippen LogP contribution in [-0.4, -0.2) is 64.1 Å². The number of piperazine rings is 1. The van der Waals surface area contributed by atoms with Gasteiger partial charge in [0.05, 0.1) is 13.2 Å². The molecule has 1 fully saturated rings. The summed E-state index contributed by atoms with van der Waals surface area (Å²) in [5.74, 6) is -0.859. The molecule has 1 aliphatic rings. The number of rotatable bonds is 4. The van der Waals surface area contributed by atoms with Crippen LogP contribution in [0.25, 0.3) is 11.0 Å². The van der Waals surface area contributed by atoms with E-state index in [0.29, 0.717) is 29.7 Å². The number of nitrogens with zero attached hydrogens (tertiary/aromatic N) is 4. The second-order valence-corrected chi connectivity index (χ2v) is 7.44. The zero-order chi connectivity index (χ0) is 22.7. The molecule has 8 nitrogen and oxygen atoms in total. The molecule has 0 aliphatic carbocycles. The van der Waals surface area contributed by atoms with Gasteiger partial charge in [0, 0.05) is 43.3 Å². The van der Waals surface area contributed by atoms with Crippen LogP contribution in [0.4, 0.5) is 9.18 Å². The second-order valence-electron chi connectivity index (χ2n) is 7.44. The fraction of sp³-hybridized carbons (Fsp3) is 0.304. The smallest absolute Gasteiger partial charge is 0.409 e. The van der Waals surface area contributed by atoms with E-state index in [-0.39, 0.29) is 31.8 Å². The molecule has 3 aromatic rings. The van der Waals surface area contributed by atoms with E-state index in [1.807, 2.05) is 0 Å². The van der Waals surface area contributed by atoms with Crippen molar-refractivity contribution >= 4 is 23.0 Å². The first-order chi connectivity index (χ1) is 15.5. The lowest BCUT2D eigenvalue weighted by molar-refractivity contribution is 0.0569. The number of aromatic nitrogens is 2. The average Bonchev–Trinajstić information content (AvgIpc) is 2.81. The molecule has 2 amide bonds. The molecule has 166 valence electrons. The van der Waals surface area contributed by atoms with Gasteiger partial charge in [0.1, 0.15) is 17.0 Å². The summed E-state index contributed by atoms with van der Waals surface area (Å²) >= 11 is 0. The van der Waals surface area contributed by atoms with Gasteiger partial charge in [0.2, 0.25) is 0 Å². The van der Waals surface area contributed by atoms with E-state index < -0.39 is 23.4 Å². The van der Waals surface area contributed by atoms with E-state index in [2.05, 4.69) is 4.98 Å². The number of carbonyl (C=O) groups excluding carboxylic acids is 2. The van der Waals surface area contributed by atoms with E-state index in [1.54, 1.807) is 48.4 Å². The van der Waals surface area contributed by atoms with Gasteiger partial charge in [-0.3, -0.25) is 14.2 Å². The van der Waals surface area contributed by atoms with Gasteiger partial charge in [-0.25, -0.2) is 14.2 Å². The normalized spacial score (nSPS) is 13.9. The highest BCUT2D eigenvalue weighted by molar-refractivity contribution is 5.97. The maximum atomic E-state index is 14.3. The number of halogens is 1. The van der Waals surface area contributed by atoms with E-state index in [0.717, 1.165) is 0 Å². The number of pyridine rings is 2. The summed E-state index contributed by atoms with van der Waals surface area (Å²) in [5.41, 5.74) is 0.169. The topological polar surface area (TPSA) is 84.7 Å². The molecule has 1 saturated heterocycles. The van der Waals surface area contributed by atoms with Crippen molar-refractivity contribution in [2.24, 2.45) is 0 Å². The molecule has 2 aromatic heterocycles. The highest BCUT2D eigenvalue weighted by Crippen LogP contribution is 2.16. The van der Waals surface area contributed by atoms with E-state index in [4.69, 9.17) is 4.74 Å². The summed E-state index contributed by atoms with van der Waals surface area (Å²) in [6, 6.07) is 11.2. The van der Waals surface area contributed by atoms with Crippen LogP contribution in [0, 0.1) is 5.82 Å². The third kappa shape index (κ3) is 4.18. The van der Waals surface area contributed by atoms with Crippen molar-refractivity contribution < 1.29 is 18.7 Å². The van der Waals surface area contributed by atoms with Gasteiger partial charge in [-0.2, -0.15) is 0 Å². The fourth-order valence-corrected chi connectivity index (χ4v) is 3.78. The monoisotopic (exact) mass is 438 g/mol. The van der Waals surface area contributed by atoms with E-state index in [9.17, 15) is 18.8 Å². The molecule has 0 saturated carbocycles. The summed E-state index contributed by atoms with van der Waals surface area (Å²) < 4.78 is 20.6. The Morgan fingerprint density at radius 3 is 2.50 bits per heavy atom. The van der Waals surface area contributed by atoms with Crippen LogP contribution in [0.3, 0.4) is 0 Å². The maximum Gasteiger partial charge on any atom is 0.409 e. The molecule has 0 N–H and O–H groups in total. The molecular formula is C23H23FN4O4. The molecule has 0 radical (unpaired) electrons. The highest BCUT2D eigenvalue weighted by atomic mass is 19.1. The molecule has 4 rings (SSSR count). The molecule has 32 heavy (non-hydrogen) atoms. The van der Waals surface area contributed by atoms with Crippen molar-refractivity contribution in [3.8, 4) is 0 Å². The van der Waals surface area contributed by atoms with E-state index >= 15 is 0 Å². The minimum absolute atomic E-state index is 0.00794. The second kappa shape index (κ2) is 9.17. The van der Waals surface area contributed by atoms with Crippen molar-refractivity contribution in [3.05, 3.63) is 76.0 Å². The number of hydrogen-bond donors (Lipinski definition) is 0. The predicted octanol–water partition coefficient (Wildman–Crippen LogP) is 2.50. The molecule has 3 heterocycles.